The highest BCUT2D eigenvalue weighted by molar-refractivity contribution is 5.96. The summed E-state index contributed by atoms with van der Waals surface area (Å²) >= 11 is 0. The molecule has 0 spiro atoms. The van der Waals surface area contributed by atoms with Crippen molar-refractivity contribution in [3.05, 3.63) is 53.4 Å². The Morgan fingerprint density at radius 3 is 2.56 bits per heavy atom. The van der Waals surface area contributed by atoms with Gasteiger partial charge in [0.15, 0.2) is 5.69 Å². The Morgan fingerprint density at radius 1 is 1.24 bits per heavy atom. The maximum Gasteiger partial charge on any atom is 0.274 e. The lowest BCUT2D eigenvalue weighted by molar-refractivity contribution is -0.123. The molecule has 7 heteroatoms. The zero-order chi connectivity index (χ0) is 18.2. The van der Waals surface area contributed by atoms with Gasteiger partial charge in [0.25, 0.3) is 5.91 Å². The van der Waals surface area contributed by atoms with Crippen LogP contribution >= 0.6 is 0 Å². The average Bonchev–Trinajstić information content (AvgIpc) is 3.01. The van der Waals surface area contributed by atoms with Crippen molar-refractivity contribution in [2.75, 3.05) is 27.2 Å². The number of likely N-dealkylation sites (N-methyl/N-ethyl adjacent to an activating group) is 1. The number of hydrogen-bond donors (Lipinski definition) is 2. The van der Waals surface area contributed by atoms with Crippen LogP contribution in [0.1, 0.15) is 21.8 Å². The molecule has 0 saturated heterocycles. The summed E-state index contributed by atoms with van der Waals surface area (Å²) in [5.41, 5.74) is 1.13. The third kappa shape index (κ3) is 6.04. The monoisotopic (exact) mass is 344 g/mol. The molecule has 25 heavy (non-hydrogen) atoms. The Bertz CT molecular complexity index is 697. The fourth-order valence-corrected chi connectivity index (χ4v) is 2.29. The number of nitrogens with one attached hydrogen (secondary N) is 2. The van der Waals surface area contributed by atoms with Crippen molar-refractivity contribution in [2.24, 2.45) is 0 Å². The maximum absolute atomic E-state index is 12.5. The van der Waals surface area contributed by atoms with Gasteiger partial charge >= 0.3 is 0 Å². The molecule has 0 radical (unpaired) electrons. The number of aryl methyl sites for hydroxylation is 1. The van der Waals surface area contributed by atoms with E-state index in [1.807, 2.05) is 49.3 Å². The predicted molar refractivity (Wildman–Crippen MR) is 94.2 cm³/mol. The Labute approximate surface area is 147 Å². The molecule has 2 rings (SSSR count). The van der Waals surface area contributed by atoms with E-state index in [2.05, 4.69) is 15.8 Å². The summed E-state index contributed by atoms with van der Waals surface area (Å²) in [4.78, 5) is 26.8. The summed E-state index contributed by atoms with van der Waals surface area (Å²) in [5.74, 6) is -0.111. The van der Waals surface area contributed by atoms with Crippen LogP contribution in [0.3, 0.4) is 0 Å². The number of carbonyl (C=O) groups excluding carboxylic acids is 2. The van der Waals surface area contributed by atoms with E-state index in [9.17, 15) is 9.59 Å². The first-order valence-corrected chi connectivity index (χ1v) is 8.16. The minimum atomic E-state index is -0.686. The molecule has 1 aromatic heterocycles. The summed E-state index contributed by atoms with van der Waals surface area (Å²) in [6, 6.07) is 10.4. The Kier molecular flexibility index (Phi) is 6.71. The Morgan fingerprint density at radius 2 is 1.96 bits per heavy atom. The van der Waals surface area contributed by atoms with E-state index >= 15 is 0 Å². The zero-order valence-corrected chi connectivity index (χ0v) is 14.8. The van der Waals surface area contributed by atoms with E-state index in [-0.39, 0.29) is 11.6 Å². The number of benzene rings is 1. The van der Waals surface area contributed by atoms with Gasteiger partial charge < -0.3 is 20.1 Å². The Hall–Kier alpha value is -2.67. The second-order valence-electron chi connectivity index (χ2n) is 6.13. The topological polar surface area (TPSA) is 87.5 Å². The standard InChI is InChI=1S/C18H24N4O3/c1-13-11-16(21-25-13)18(24)20-15(12-14-7-5-4-6-8-14)17(23)19-9-10-22(2)3/h4-8,11,15H,9-10,12H2,1-3H3,(H,19,23)(H,20,24). The SMILES string of the molecule is Cc1cc(C(=O)NC(Cc2ccccc2)C(=O)NCCN(C)C)no1. The number of nitrogens with zero attached hydrogens (tertiary/aromatic N) is 2. The molecule has 2 N–H and O–H groups in total. The minimum absolute atomic E-state index is 0.164. The Balaban J connectivity index is 2.05. The fourth-order valence-electron chi connectivity index (χ4n) is 2.29. The van der Waals surface area contributed by atoms with Crippen molar-refractivity contribution in [1.82, 2.24) is 20.7 Å². The summed E-state index contributed by atoms with van der Waals surface area (Å²) < 4.78 is 4.92. The number of aromatic nitrogens is 1. The lowest BCUT2D eigenvalue weighted by atomic mass is 10.0. The van der Waals surface area contributed by atoms with E-state index in [0.717, 1.165) is 12.1 Å². The van der Waals surface area contributed by atoms with Crippen LogP contribution in [0.4, 0.5) is 0 Å². The van der Waals surface area contributed by atoms with Gasteiger partial charge in [0.1, 0.15) is 11.8 Å². The van der Waals surface area contributed by atoms with E-state index in [0.29, 0.717) is 18.7 Å². The molecule has 7 nitrogen and oxygen atoms in total. The third-order valence-corrected chi connectivity index (χ3v) is 3.62. The zero-order valence-electron chi connectivity index (χ0n) is 14.8. The van der Waals surface area contributed by atoms with Gasteiger partial charge in [-0.1, -0.05) is 35.5 Å². The van der Waals surface area contributed by atoms with Crippen LogP contribution in [0.15, 0.2) is 40.9 Å². The van der Waals surface area contributed by atoms with Crippen LogP contribution in [-0.4, -0.2) is 55.1 Å². The number of hydrogen-bond acceptors (Lipinski definition) is 5. The molecule has 0 saturated carbocycles. The van der Waals surface area contributed by atoms with Gasteiger partial charge in [0.2, 0.25) is 5.91 Å². The van der Waals surface area contributed by atoms with Gasteiger partial charge in [-0.25, -0.2) is 0 Å². The van der Waals surface area contributed by atoms with Gasteiger partial charge in [0, 0.05) is 25.6 Å². The highest BCUT2D eigenvalue weighted by Gasteiger charge is 2.23. The van der Waals surface area contributed by atoms with Crippen LogP contribution < -0.4 is 10.6 Å². The van der Waals surface area contributed by atoms with Crippen LogP contribution in [0.25, 0.3) is 0 Å². The summed E-state index contributed by atoms with van der Waals surface area (Å²) in [6.45, 7) is 2.94. The summed E-state index contributed by atoms with van der Waals surface area (Å²) in [6.07, 6.45) is 0.400. The van der Waals surface area contributed by atoms with Crippen molar-refractivity contribution >= 4 is 11.8 Å². The molecule has 0 aliphatic carbocycles. The van der Waals surface area contributed by atoms with Gasteiger partial charge in [-0.3, -0.25) is 9.59 Å². The predicted octanol–water partition coefficient (Wildman–Crippen LogP) is 1.00. The molecule has 134 valence electrons. The largest absolute Gasteiger partial charge is 0.361 e. The van der Waals surface area contributed by atoms with E-state index < -0.39 is 11.9 Å². The molecule has 0 fully saturated rings. The molecule has 1 unspecified atom stereocenters. The molecule has 1 heterocycles. The molecule has 0 aliphatic heterocycles. The summed E-state index contributed by atoms with van der Waals surface area (Å²) in [5, 5.41) is 9.30. The van der Waals surface area contributed by atoms with Gasteiger partial charge in [-0.15, -0.1) is 0 Å². The first-order chi connectivity index (χ1) is 12.0. The van der Waals surface area contributed by atoms with E-state index in [1.165, 1.54) is 0 Å². The molecule has 2 aromatic rings. The molecule has 0 aliphatic rings. The third-order valence-electron chi connectivity index (χ3n) is 3.62. The lowest BCUT2D eigenvalue weighted by Gasteiger charge is -2.19. The van der Waals surface area contributed by atoms with Crippen LogP contribution in [0.2, 0.25) is 0 Å². The van der Waals surface area contributed by atoms with Crippen molar-refractivity contribution in [2.45, 2.75) is 19.4 Å². The molecule has 2 amide bonds. The van der Waals surface area contributed by atoms with Crippen molar-refractivity contribution < 1.29 is 14.1 Å². The molecule has 1 atom stereocenters. The summed E-state index contributed by atoms with van der Waals surface area (Å²) in [7, 11) is 3.87. The lowest BCUT2D eigenvalue weighted by Crippen LogP contribution is -2.49. The van der Waals surface area contributed by atoms with E-state index in [1.54, 1.807) is 13.0 Å². The number of carbonyl (C=O) groups is 2. The average molecular weight is 344 g/mol. The highest BCUT2D eigenvalue weighted by atomic mass is 16.5. The number of amides is 2. The molecule has 1 aromatic carbocycles. The first-order valence-electron chi connectivity index (χ1n) is 8.16. The van der Waals surface area contributed by atoms with Gasteiger partial charge in [-0.2, -0.15) is 0 Å². The smallest absolute Gasteiger partial charge is 0.274 e. The van der Waals surface area contributed by atoms with Crippen molar-refractivity contribution in [3.63, 3.8) is 0 Å². The second-order valence-corrected chi connectivity index (χ2v) is 6.13. The second kappa shape index (κ2) is 8.98. The quantitative estimate of drug-likeness (QED) is 0.746. The number of rotatable bonds is 8. The van der Waals surface area contributed by atoms with Crippen molar-refractivity contribution in [1.29, 1.82) is 0 Å². The first kappa shape index (κ1) is 18.7. The highest BCUT2D eigenvalue weighted by Crippen LogP contribution is 2.06. The van der Waals surface area contributed by atoms with E-state index in [4.69, 9.17) is 4.52 Å². The molecule has 0 bridgehead atoms. The van der Waals surface area contributed by atoms with Crippen LogP contribution in [0, 0.1) is 6.92 Å². The minimum Gasteiger partial charge on any atom is -0.361 e. The van der Waals surface area contributed by atoms with Gasteiger partial charge in [0.05, 0.1) is 0 Å². The van der Waals surface area contributed by atoms with Crippen molar-refractivity contribution in [3.8, 4) is 0 Å². The van der Waals surface area contributed by atoms with Gasteiger partial charge in [-0.05, 0) is 26.6 Å². The maximum atomic E-state index is 12.5. The van der Waals surface area contributed by atoms with Crippen LogP contribution in [0.5, 0.6) is 0 Å². The van der Waals surface area contributed by atoms with Crippen LogP contribution in [-0.2, 0) is 11.2 Å². The normalized spacial score (nSPS) is 12.0. The fraction of sp³-hybridized carbons (Fsp3) is 0.389. The molecular formula is C18H24N4O3. The molecular weight excluding hydrogens is 320 g/mol.